The summed E-state index contributed by atoms with van der Waals surface area (Å²) in [4.78, 5) is 49.6. The number of piperidine rings is 2. The summed E-state index contributed by atoms with van der Waals surface area (Å²) in [6.45, 7) is 13.8. The van der Waals surface area contributed by atoms with Crippen LogP contribution in [0.5, 0.6) is 11.5 Å². The Morgan fingerprint density at radius 3 is 2.12 bits per heavy atom. The maximum absolute atomic E-state index is 13.2. The molecule has 4 saturated heterocycles. The Balaban J connectivity index is 0.833. The van der Waals surface area contributed by atoms with Crippen molar-refractivity contribution in [2.24, 2.45) is 7.05 Å². The molecule has 57 heavy (non-hydrogen) atoms. The highest BCUT2D eigenvalue weighted by Gasteiger charge is 2.37. The van der Waals surface area contributed by atoms with Crippen LogP contribution in [0.3, 0.4) is 0 Å². The average molecular weight is 772 g/mol. The van der Waals surface area contributed by atoms with Gasteiger partial charge >= 0.3 is 0 Å². The summed E-state index contributed by atoms with van der Waals surface area (Å²) in [6, 6.07) is 17.2. The lowest BCUT2D eigenvalue weighted by Gasteiger charge is -2.43. The van der Waals surface area contributed by atoms with Gasteiger partial charge in [0.05, 0.1) is 19.8 Å². The van der Waals surface area contributed by atoms with E-state index < -0.39 is 0 Å². The van der Waals surface area contributed by atoms with Gasteiger partial charge in [-0.25, -0.2) is 0 Å². The fourth-order valence-corrected chi connectivity index (χ4v) is 9.66. The van der Waals surface area contributed by atoms with Crippen LogP contribution in [-0.4, -0.2) is 110 Å². The zero-order valence-electron chi connectivity index (χ0n) is 33.4. The maximum atomic E-state index is 13.2. The monoisotopic (exact) mass is 771 g/mol. The summed E-state index contributed by atoms with van der Waals surface area (Å²) in [6.07, 6.45) is 6.24. The lowest BCUT2D eigenvalue weighted by Crippen LogP contribution is -2.53. The summed E-state index contributed by atoms with van der Waals surface area (Å²) >= 11 is 0. The third-order valence-electron chi connectivity index (χ3n) is 13.1. The van der Waals surface area contributed by atoms with Crippen LogP contribution in [0.1, 0.15) is 48.8 Å². The molecule has 4 aromatic rings. The highest BCUT2D eigenvalue weighted by molar-refractivity contribution is 6.01. The van der Waals surface area contributed by atoms with Gasteiger partial charge in [-0.2, -0.15) is 0 Å². The van der Waals surface area contributed by atoms with Gasteiger partial charge in [-0.05, 0) is 97.8 Å². The average Bonchev–Trinajstić information content (AvgIpc) is 3.53. The molecule has 12 heteroatoms. The number of nitrogens with zero attached hydrogens (tertiary/aromatic N) is 6. The van der Waals surface area contributed by atoms with E-state index in [0.29, 0.717) is 30.8 Å². The summed E-state index contributed by atoms with van der Waals surface area (Å²) in [5, 5.41) is 4.15. The third-order valence-corrected chi connectivity index (χ3v) is 13.1. The first-order valence-corrected chi connectivity index (χ1v) is 20.5. The number of amides is 2. The quantitative estimate of drug-likeness (QED) is 0.239. The van der Waals surface area contributed by atoms with Gasteiger partial charge in [0, 0.05) is 112 Å². The second-order valence-electron chi connectivity index (χ2n) is 16.3. The normalized spacial score (nSPS) is 20.9. The molecular weight excluding hydrogens is 719 g/mol. The van der Waals surface area contributed by atoms with Crippen molar-refractivity contribution in [3.63, 3.8) is 0 Å². The molecule has 3 aromatic carbocycles. The molecule has 298 valence electrons. The van der Waals surface area contributed by atoms with Crippen LogP contribution in [-0.2, 0) is 29.7 Å². The van der Waals surface area contributed by atoms with E-state index in [1.54, 1.807) is 18.8 Å². The van der Waals surface area contributed by atoms with Gasteiger partial charge in [0.25, 0.3) is 5.56 Å². The number of fused-ring (bicyclic) bond motifs is 2. The van der Waals surface area contributed by atoms with E-state index in [2.05, 4.69) is 78.9 Å². The number of carbonyl (C=O) groups is 2. The second-order valence-corrected chi connectivity index (χ2v) is 16.3. The predicted molar refractivity (Wildman–Crippen MR) is 224 cm³/mol. The first kappa shape index (κ1) is 37.3. The zero-order valence-corrected chi connectivity index (χ0v) is 33.4. The minimum Gasteiger partial charge on any atom is -0.496 e. The number of hydrogen-bond acceptors (Lipinski definition) is 10. The van der Waals surface area contributed by atoms with Crippen LogP contribution in [0.25, 0.3) is 27.6 Å². The molecule has 0 aliphatic carbocycles. The number of methoxy groups -OCH3 is 2. The summed E-state index contributed by atoms with van der Waals surface area (Å²) < 4.78 is 13.8. The van der Waals surface area contributed by atoms with Gasteiger partial charge in [0.2, 0.25) is 11.8 Å². The van der Waals surface area contributed by atoms with Crippen molar-refractivity contribution in [2.45, 2.75) is 57.3 Å². The van der Waals surface area contributed by atoms with Crippen molar-refractivity contribution < 1.29 is 19.1 Å². The number of carbonyl (C=O) groups excluding carboxylic acids is 2. The van der Waals surface area contributed by atoms with E-state index in [-0.39, 0.29) is 23.4 Å². The number of piperazine rings is 1. The van der Waals surface area contributed by atoms with E-state index in [0.717, 1.165) is 122 Å². The number of nitrogens with one attached hydrogen (secondary N) is 1. The van der Waals surface area contributed by atoms with Crippen LogP contribution < -0.4 is 30.1 Å². The van der Waals surface area contributed by atoms with Crippen molar-refractivity contribution in [3.8, 4) is 22.6 Å². The van der Waals surface area contributed by atoms with Crippen LogP contribution in [0.4, 0.5) is 11.4 Å². The molecule has 1 aromatic heterocycles. The van der Waals surface area contributed by atoms with Crippen molar-refractivity contribution in [3.05, 3.63) is 88.4 Å². The van der Waals surface area contributed by atoms with Gasteiger partial charge in [-0.1, -0.05) is 12.6 Å². The molecule has 6 heterocycles. The molecule has 1 atom stereocenters. The van der Waals surface area contributed by atoms with Crippen molar-refractivity contribution >= 4 is 39.7 Å². The van der Waals surface area contributed by atoms with Crippen LogP contribution in [0, 0.1) is 0 Å². The molecule has 1 N–H and O–H groups in total. The molecule has 0 bridgehead atoms. The fourth-order valence-electron chi connectivity index (χ4n) is 9.66. The summed E-state index contributed by atoms with van der Waals surface area (Å²) in [5.74, 6) is 1.17. The highest BCUT2D eigenvalue weighted by atomic mass is 16.5. The van der Waals surface area contributed by atoms with Crippen molar-refractivity contribution in [2.75, 3.05) is 76.4 Å². The number of ether oxygens (including phenoxy) is 2. The number of rotatable bonds is 9. The van der Waals surface area contributed by atoms with Crippen LogP contribution in [0.15, 0.2) is 66.1 Å². The smallest absolute Gasteiger partial charge is 0.258 e. The maximum Gasteiger partial charge on any atom is 0.258 e. The molecule has 5 aliphatic heterocycles. The zero-order chi connectivity index (χ0) is 39.4. The molecule has 2 amide bonds. The fraction of sp³-hybridized carbons (Fsp3) is 0.444. The second kappa shape index (κ2) is 15.2. The minimum absolute atomic E-state index is 0.00248. The first-order chi connectivity index (χ1) is 27.7. The van der Waals surface area contributed by atoms with E-state index in [1.165, 1.54) is 17.7 Å². The number of hydrogen-bond donors (Lipinski definition) is 1. The number of benzene rings is 3. The number of aromatic nitrogens is 1. The predicted octanol–water partition coefficient (Wildman–Crippen LogP) is 4.81. The standard InChI is InChI=1S/C45H53N7O5/c1-29-35-8-6-33(22-31(35)26-52(29)40-10-11-43(53)46-44(40)54)51-20-18-50(19-21-51)32-12-16-48(17-13-32)28-39-41(56-3)23-30(24-42(39)57-4)38-27-47(2)45(55)36-9-7-34(25-37(36)38)49-14-5-15-49/h6-9,22-25,27,32,40H,1,5,10-21,26,28H2,2-4H3,(H,46,53,54). The Hall–Kier alpha value is -5.33. The SMILES string of the molecule is C=C1c2ccc(N3CCN(C4CCN(Cc5c(OC)cc(-c6cn(C)c(=O)c7ccc(N8CCC8)cc67)cc5OC)CC4)CC3)cc2CN1C1CCC(=O)NC1=O. The number of imide groups is 1. The highest BCUT2D eigenvalue weighted by Crippen LogP contribution is 2.40. The number of likely N-dealkylation sites (tertiary alicyclic amines) is 1. The lowest BCUT2D eigenvalue weighted by molar-refractivity contribution is -0.136. The first-order valence-electron chi connectivity index (χ1n) is 20.5. The Labute approximate surface area is 334 Å². The molecule has 0 saturated carbocycles. The van der Waals surface area contributed by atoms with Crippen LogP contribution >= 0.6 is 0 Å². The van der Waals surface area contributed by atoms with Gasteiger partial charge in [0.15, 0.2) is 0 Å². The molecular formula is C45H53N7O5. The number of aryl methyl sites for hydroxylation is 1. The van der Waals surface area contributed by atoms with E-state index >= 15 is 0 Å². The molecule has 0 radical (unpaired) electrons. The Morgan fingerprint density at radius 2 is 1.46 bits per heavy atom. The third kappa shape index (κ3) is 6.92. The lowest BCUT2D eigenvalue weighted by atomic mass is 9.96. The Morgan fingerprint density at radius 1 is 0.772 bits per heavy atom. The van der Waals surface area contributed by atoms with E-state index in [9.17, 15) is 14.4 Å². The van der Waals surface area contributed by atoms with Gasteiger partial charge in [-0.3, -0.25) is 29.5 Å². The largest absolute Gasteiger partial charge is 0.496 e. The van der Waals surface area contributed by atoms with Gasteiger partial charge in [-0.15, -0.1) is 0 Å². The number of anilines is 2. The molecule has 5 aliphatic rings. The molecule has 12 nitrogen and oxygen atoms in total. The molecule has 9 rings (SSSR count). The van der Waals surface area contributed by atoms with E-state index in [4.69, 9.17) is 9.47 Å². The summed E-state index contributed by atoms with van der Waals surface area (Å²) in [7, 11) is 5.27. The van der Waals surface area contributed by atoms with Crippen molar-refractivity contribution in [1.82, 2.24) is 24.6 Å². The molecule has 0 spiro atoms. The van der Waals surface area contributed by atoms with Crippen molar-refractivity contribution in [1.29, 1.82) is 0 Å². The Bertz CT molecular complexity index is 2280. The van der Waals surface area contributed by atoms with Gasteiger partial charge in [0.1, 0.15) is 17.5 Å². The topological polar surface area (TPSA) is 103 Å². The molecule has 4 fully saturated rings. The molecule has 1 unspecified atom stereocenters. The Kier molecular flexibility index (Phi) is 9.94. The van der Waals surface area contributed by atoms with E-state index in [1.807, 2.05) is 19.3 Å². The minimum atomic E-state index is -0.353. The van der Waals surface area contributed by atoms with Crippen LogP contribution in [0.2, 0.25) is 0 Å². The van der Waals surface area contributed by atoms with Gasteiger partial charge < -0.3 is 28.7 Å². The summed E-state index contributed by atoms with van der Waals surface area (Å²) in [5.41, 5.74) is 8.50. The number of pyridine rings is 1.